The second-order valence-corrected chi connectivity index (χ2v) is 5.79. The van der Waals surface area contributed by atoms with Gasteiger partial charge in [0.1, 0.15) is 5.69 Å². The molecule has 0 spiro atoms. The molecule has 0 atom stereocenters. The van der Waals surface area contributed by atoms with Crippen molar-refractivity contribution in [2.24, 2.45) is 5.73 Å². The van der Waals surface area contributed by atoms with Crippen LogP contribution >= 0.6 is 15.9 Å². The number of ketones is 1. The van der Waals surface area contributed by atoms with Crippen molar-refractivity contribution in [2.75, 3.05) is 20.6 Å². The van der Waals surface area contributed by atoms with Crippen LogP contribution in [0.4, 0.5) is 0 Å². The van der Waals surface area contributed by atoms with Crippen LogP contribution in [0.15, 0.2) is 29.0 Å². The molecule has 0 fully saturated rings. The number of hydrogen-bond acceptors (Lipinski definition) is 5. The molecule has 2 aromatic heterocycles. The SMILES string of the molecule is CN(C)CCn1ncc(Br)c1C(=O)c1ccnc(CN)c1. The molecule has 2 rings (SSSR count). The molecule has 0 radical (unpaired) electrons. The van der Waals surface area contributed by atoms with Gasteiger partial charge in [-0.15, -0.1) is 0 Å². The fourth-order valence-corrected chi connectivity index (χ4v) is 2.40. The highest BCUT2D eigenvalue weighted by Gasteiger charge is 2.19. The van der Waals surface area contributed by atoms with Gasteiger partial charge in [0, 0.05) is 24.8 Å². The van der Waals surface area contributed by atoms with Crippen LogP contribution in [0, 0.1) is 0 Å². The van der Waals surface area contributed by atoms with Crippen molar-refractivity contribution in [1.82, 2.24) is 19.7 Å². The first-order chi connectivity index (χ1) is 10.0. The third-order valence-electron chi connectivity index (χ3n) is 3.06. The molecule has 0 aliphatic heterocycles. The van der Waals surface area contributed by atoms with Gasteiger partial charge in [-0.1, -0.05) is 0 Å². The number of nitrogens with zero attached hydrogens (tertiary/aromatic N) is 4. The standard InChI is InChI=1S/C14H18BrN5O/c1-19(2)5-6-20-13(12(15)9-18-20)14(21)10-3-4-17-11(7-10)8-16/h3-4,7,9H,5-6,8,16H2,1-2H3. The van der Waals surface area contributed by atoms with E-state index in [1.54, 1.807) is 29.2 Å². The van der Waals surface area contributed by atoms with Crippen molar-refractivity contribution >= 4 is 21.7 Å². The number of carbonyl (C=O) groups is 1. The van der Waals surface area contributed by atoms with Gasteiger partial charge in [-0.2, -0.15) is 5.10 Å². The molecule has 0 bridgehead atoms. The minimum absolute atomic E-state index is 0.0877. The summed E-state index contributed by atoms with van der Waals surface area (Å²) in [5.41, 5.74) is 7.38. The van der Waals surface area contributed by atoms with Crippen LogP contribution in [0.25, 0.3) is 0 Å². The Balaban J connectivity index is 2.31. The van der Waals surface area contributed by atoms with Gasteiger partial charge in [-0.3, -0.25) is 14.5 Å². The molecular weight excluding hydrogens is 334 g/mol. The van der Waals surface area contributed by atoms with Gasteiger partial charge < -0.3 is 10.6 Å². The summed E-state index contributed by atoms with van der Waals surface area (Å²) >= 11 is 3.40. The smallest absolute Gasteiger partial charge is 0.212 e. The molecule has 0 aliphatic rings. The van der Waals surface area contributed by atoms with Gasteiger partial charge in [0.25, 0.3) is 0 Å². The maximum Gasteiger partial charge on any atom is 0.212 e. The van der Waals surface area contributed by atoms with E-state index in [0.29, 0.717) is 34.5 Å². The number of likely N-dealkylation sites (N-methyl/N-ethyl adjacent to an activating group) is 1. The third-order valence-corrected chi connectivity index (χ3v) is 3.64. The lowest BCUT2D eigenvalue weighted by atomic mass is 10.1. The van der Waals surface area contributed by atoms with Crippen molar-refractivity contribution in [1.29, 1.82) is 0 Å². The van der Waals surface area contributed by atoms with Crippen LogP contribution in [-0.2, 0) is 13.1 Å². The Bertz CT molecular complexity index is 638. The summed E-state index contributed by atoms with van der Waals surface area (Å²) in [6, 6.07) is 3.41. The molecule has 21 heavy (non-hydrogen) atoms. The van der Waals surface area contributed by atoms with E-state index >= 15 is 0 Å². The molecule has 6 nitrogen and oxygen atoms in total. The second kappa shape index (κ2) is 6.93. The summed E-state index contributed by atoms with van der Waals surface area (Å²) in [6.45, 7) is 1.76. The molecule has 112 valence electrons. The lowest BCUT2D eigenvalue weighted by molar-refractivity contribution is 0.102. The number of nitrogens with two attached hydrogens (primary N) is 1. The minimum Gasteiger partial charge on any atom is -0.325 e. The Kier molecular flexibility index (Phi) is 5.22. The lowest BCUT2D eigenvalue weighted by Crippen LogP contribution is -2.22. The van der Waals surface area contributed by atoms with Gasteiger partial charge in [-0.05, 0) is 42.2 Å². The summed E-state index contributed by atoms with van der Waals surface area (Å²) < 4.78 is 2.41. The van der Waals surface area contributed by atoms with Gasteiger partial charge in [0.15, 0.2) is 0 Å². The average molecular weight is 352 g/mol. The van der Waals surface area contributed by atoms with E-state index in [9.17, 15) is 4.79 Å². The van der Waals surface area contributed by atoms with Gasteiger partial charge in [0.2, 0.25) is 5.78 Å². The molecule has 2 N–H and O–H groups in total. The zero-order valence-corrected chi connectivity index (χ0v) is 13.7. The second-order valence-electron chi connectivity index (χ2n) is 4.94. The summed E-state index contributed by atoms with van der Waals surface area (Å²) in [5, 5.41) is 4.26. The highest BCUT2D eigenvalue weighted by molar-refractivity contribution is 9.10. The van der Waals surface area contributed by atoms with E-state index in [4.69, 9.17) is 5.73 Å². The Morgan fingerprint density at radius 3 is 2.90 bits per heavy atom. The molecule has 0 aromatic carbocycles. The van der Waals surface area contributed by atoms with Crippen LogP contribution in [0.1, 0.15) is 21.7 Å². The Morgan fingerprint density at radius 2 is 2.24 bits per heavy atom. The summed E-state index contributed by atoms with van der Waals surface area (Å²) in [7, 11) is 3.97. The number of hydrogen-bond donors (Lipinski definition) is 1. The number of carbonyl (C=O) groups excluding carboxylic acids is 1. The minimum atomic E-state index is -0.0877. The third kappa shape index (κ3) is 3.75. The first kappa shape index (κ1) is 15.8. The predicted octanol–water partition coefficient (Wildman–Crippen LogP) is 1.29. The highest BCUT2D eigenvalue weighted by atomic mass is 79.9. The molecule has 0 aliphatic carbocycles. The van der Waals surface area contributed by atoms with Crippen LogP contribution in [-0.4, -0.2) is 46.1 Å². The van der Waals surface area contributed by atoms with Gasteiger partial charge in [0.05, 0.1) is 22.9 Å². The monoisotopic (exact) mass is 351 g/mol. The highest BCUT2D eigenvalue weighted by Crippen LogP contribution is 2.20. The Labute approximate surface area is 132 Å². The molecular formula is C14H18BrN5O. The molecule has 2 heterocycles. The van der Waals surface area contributed by atoms with E-state index in [2.05, 4.69) is 26.0 Å². The molecule has 0 amide bonds. The van der Waals surface area contributed by atoms with Crippen LogP contribution in [0.3, 0.4) is 0 Å². The summed E-state index contributed by atoms with van der Waals surface area (Å²) in [4.78, 5) is 18.8. The van der Waals surface area contributed by atoms with Crippen molar-refractivity contribution in [3.05, 3.63) is 46.0 Å². The van der Waals surface area contributed by atoms with Crippen LogP contribution in [0.5, 0.6) is 0 Å². The topological polar surface area (TPSA) is 77.0 Å². The summed E-state index contributed by atoms with van der Waals surface area (Å²) in [5.74, 6) is -0.0877. The number of pyridine rings is 1. The zero-order chi connectivity index (χ0) is 15.4. The molecule has 7 heteroatoms. The molecule has 0 saturated carbocycles. The fraction of sp³-hybridized carbons (Fsp3) is 0.357. The average Bonchev–Trinajstić information content (AvgIpc) is 2.85. The maximum atomic E-state index is 12.7. The summed E-state index contributed by atoms with van der Waals surface area (Å²) in [6.07, 6.45) is 3.25. The molecule has 0 saturated heterocycles. The normalized spacial score (nSPS) is 11.1. The van der Waals surface area contributed by atoms with E-state index in [0.717, 1.165) is 6.54 Å². The van der Waals surface area contributed by atoms with Gasteiger partial charge >= 0.3 is 0 Å². The fourth-order valence-electron chi connectivity index (χ4n) is 1.92. The molecule has 0 unspecified atom stereocenters. The first-order valence-electron chi connectivity index (χ1n) is 6.58. The Morgan fingerprint density at radius 1 is 1.48 bits per heavy atom. The van der Waals surface area contributed by atoms with Crippen LogP contribution < -0.4 is 5.73 Å². The van der Waals surface area contributed by atoms with E-state index in [-0.39, 0.29) is 5.78 Å². The maximum absolute atomic E-state index is 12.7. The predicted molar refractivity (Wildman–Crippen MR) is 84.0 cm³/mol. The lowest BCUT2D eigenvalue weighted by Gasteiger charge is -2.12. The van der Waals surface area contributed by atoms with E-state index in [1.165, 1.54) is 0 Å². The zero-order valence-electron chi connectivity index (χ0n) is 12.1. The number of rotatable bonds is 6. The molecule has 2 aromatic rings. The Hall–Kier alpha value is -1.57. The van der Waals surface area contributed by atoms with E-state index in [1.807, 2.05) is 19.0 Å². The van der Waals surface area contributed by atoms with Crippen molar-refractivity contribution < 1.29 is 4.79 Å². The van der Waals surface area contributed by atoms with Crippen molar-refractivity contribution in [3.63, 3.8) is 0 Å². The largest absolute Gasteiger partial charge is 0.325 e. The van der Waals surface area contributed by atoms with Crippen molar-refractivity contribution in [2.45, 2.75) is 13.1 Å². The van der Waals surface area contributed by atoms with Gasteiger partial charge in [-0.25, -0.2) is 0 Å². The van der Waals surface area contributed by atoms with Crippen LogP contribution in [0.2, 0.25) is 0 Å². The quantitative estimate of drug-likeness (QED) is 0.793. The first-order valence-corrected chi connectivity index (χ1v) is 7.38. The van der Waals surface area contributed by atoms with E-state index < -0.39 is 0 Å². The number of aromatic nitrogens is 3. The number of halogens is 1. The van der Waals surface area contributed by atoms with Crippen molar-refractivity contribution in [3.8, 4) is 0 Å².